The lowest BCUT2D eigenvalue weighted by Crippen LogP contribution is -2.49. The number of aromatic nitrogens is 2. The molecular formula is C22H25ClN4O2. The van der Waals surface area contributed by atoms with Crippen LogP contribution in [0, 0.1) is 13.8 Å². The topological polar surface area (TPSA) is 62.5 Å². The maximum absolute atomic E-state index is 13.4. The number of anilines is 1. The Kier molecular flexibility index (Phi) is 5.21. The average molecular weight is 413 g/mol. The van der Waals surface area contributed by atoms with Crippen LogP contribution >= 0.6 is 11.6 Å². The molecule has 1 aliphatic heterocycles. The van der Waals surface area contributed by atoms with E-state index in [1.165, 1.54) is 5.56 Å². The Morgan fingerprint density at radius 3 is 2.55 bits per heavy atom. The number of rotatable bonds is 3. The zero-order valence-electron chi connectivity index (χ0n) is 17.2. The molecule has 1 aromatic carbocycles. The van der Waals surface area contributed by atoms with Gasteiger partial charge < -0.3 is 14.3 Å². The van der Waals surface area contributed by atoms with Crippen LogP contribution in [0.15, 0.2) is 28.8 Å². The van der Waals surface area contributed by atoms with Crippen LogP contribution in [-0.2, 0) is 0 Å². The molecule has 0 atom stereocenters. The molecule has 0 bridgehead atoms. The lowest BCUT2D eigenvalue weighted by molar-refractivity contribution is 0.0748. The Bertz CT molecular complexity index is 1070. The van der Waals surface area contributed by atoms with Gasteiger partial charge in [0.1, 0.15) is 0 Å². The fourth-order valence-corrected chi connectivity index (χ4v) is 3.99. The van der Waals surface area contributed by atoms with Gasteiger partial charge in [-0.3, -0.25) is 4.79 Å². The van der Waals surface area contributed by atoms with E-state index >= 15 is 0 Å². The number of hydrogen-bond donors (Lipinski definition) is 0. The van der Waals surface area contributed by atoms with Crippen molar-refractivity contribution in [1.82, 2.24) is 15.0 Å². The maximum Gasteiger partial charge on any atom is 0.259 e. The monoisotopic (exact) mass is 412 g/mol. The van der Waals surface area contributed by atoms with Crippen LogP contribution in [-0.4, -0.2) is 47.1 Å². The molecule has 4 rings (SSSR count). The molecule has 29 heavy (non-hydrogen) atoms. The highest BCUT2D eigenvalue weighted by molar-refractivity contribution is 6.30. The zero-order chi connectivity index (χ0) is 20.7. The zero-order valence-corrected chi connectivity index (χ0v) is 18.0. The predicted molar refractivity (Wildman–Crippen MR) is 115 cm³/mol. The van der Waals surface area contributed by atoms with Crippen LogP contribution in [0.2, 0.25) is 5.02 Å². The summed E-state index contributed by atoms with van der Waals surface area (Å²) in [7, 11) is 0. The van der Waals surface area contributed by atoms with Crippen LogP contribution in [0.5, 0.6) is 0 Å². The SMILES string of the molecule is Cc1ccc(Cl)cc1N1CCN(C(=O)c2cc(C(C)C)nc3onc(C)c23)CC1. The molecule has 7 heteroatoms. The molecule has 0 saturated carbocycles. The first-order chi connectivity index (χ1) is 13.8. The predicted octanol–water partition coefficient (Wildman–Crippen LogP) is 4.58. The number of halogens is 1. The van der Waals surface area contributed by atoms with Crippen molar-refractivity contribution in [1.29, 1.82) is 0 Å². The third-order valence-corrected chi connectivity index (χ3v) is 5.77. The molecule has 1 saturated heterocycles. The molecule has 2 aromatic heterocycles. The molecular weight excluding hydrogens is 388 g/mol. The summed E-state index contributed by atoms with van der Waals surface area (Å²) < 4.78 is 5.36. The third kappa shape index (κ3) is 3.69. The summed E-state index contributed by atoms with van der Waals surface area (Å²) in [6.07, 6.45) is 0. The fourth-order valence-electron chi connectivity index (χ4n) is 3.82. The van der Waals surface area contributed by atoms with E-state index in [0.29, 0.717) is 35.4 Å². The molecule has 3 aromatic rings. The molecule has 1 aliphatic rings. The molecule has 0 N–H and O–H groups in total. The summed E-state index contributed by atoms with van der Waals surface area (Å²) in [5, 5.41) is 5.47. The Balaban J connectivity index is 1.59. The van der Waals surface area contributed by atoms with E-state index in [1.54, 1.807) is 0 Å². The van der Waals surface area contributed by atoms with Gasteiger partial charge in [0.2, 0.25) is 0 Å². The quantitative estimate of drug-likeness (QED) is 0.630. The molecule has 1 amide bonds. The number of hydrogen-bond acceptors (Lipinski definition) is 5. The van der Waals surface area contributed by atoms with Gasteiger partial charge in [0.25, 0.3) is 11.6 Å². The van der Waals surface area contributed by atoms with Crippen molar-refractivity contribution in [2.45, 2.75) is 33.6 Å². The van der Waals surface area contributed by atoms with Crippen molar-refractivity contribution < 1.29 is 9.32 Å². The Hall–Kier alpha value is -2.60. The molecule has 6 nitrogen and oxygen atoms in total. The third-order valence-electron chi connectivity index (χ3n) is 5.54. The lowest BCUT2D eigenvalue weighted by Gasteiger charge is -2.37. The average Bonchev–Trinajstić information content (AvgIpc) is 3.09. The Morgan fingerprint density at radius 1 is 1.14 bits per heavy atom. The Morgan fingerprint density at radius 2 is 1.86 bits per heavy atom. The van der Waals surface area contributed by atoms with E-state index in [9.17, 15) is 4.79 Å². The van der Waals surface area contributed by atoms with E-state index in [1.807, 2.05) is 36.1 Å². The molecule has 1 fully saturated rings. The molecule has 0 spiro atoms. The van der Waals surface area contributed by atoms with E-state index in [0.717, 1.165) is 29.5 Å². The number of carbonyl (C=O) groups excluding carboxylic acids is 1. The first-order valence-electron chi connectivity index (χ1n) is 9.92. The highest BCUT2D eigenvalue weighted by Gasteiger charge is 2.27. The van der Waals surface area contributed by atoms with Gasteiger partial charge in [-0.05, 0) is 43.5 Å². The van der Waals surface area contributed by atoms with Crippen LogP contribution < -0.4 is 4.90 Å². The molecule has 0 radical (unpaired) electrons. The first kappa shape index (κ1) is 19.7. The number of carbonyl (C=O) groups is 1. The second-order valence-corrected chi connectivity index (χ2v) is 8.34. The van der Waals surface area contributed by atoms with E-state index in [4.69, 9.17) is 16.1 Å². The summed E-state index contributed by atoms with van der Waals surface area (Å²) in [6.45, 7) is 10.9. The molecule has 0 aliphatic carbocycles. The van der Waals surface area contributed by atoms with Gasteiger partial charge in [-0.15, -0.1) is 0 Å². The minimum atomic E-state index is 0.00747. The normalized spacial score (nSPS) is 14.8. The largest absolute Gasteiger partial charge is 0.368 e. The van der Waals surface area contributed by atoms with Crippen LogP contribution in [0.25, 0.3) is 11.1 Å². The molecule has 152 valence electrons. The van der Waals surface area contributed by atoms with Crippen LogP contribution in [0.3, 0.4) is 0 Å². The van der Waals surface area contributed by atoms with E-state index in [2.05, 4.69) is 35.8 Å². The maximum atomic E-state index is 13.4. The van der Waals surface area contributed by atoms with Gasteiger partial charge in [0, 0.05) is 42.6 Å². The number of fused-ring (bicyclic) bond motifs is 1. The van der Waals surface area contributed by atoms with Crippen molar-refractivity contribution in [2.24, 2.45) is 0 Å². The minimum absolute atomic E-state index is 0.00747. The van der Waals surface area contributed by atoms with E-state index < -0.39 is 0 Å². The Labute approximate surface area is 175 Å². The van der Waals surface area contributed by atoms with Gasteiger partial charge in [0.05, 0.1) is 16.6 Å². The summed E-state index contributed by atoms with van der Waals surface area (Å²) in [4.78, 5) is 22.1. The smallest absolute Gasteiger partial charge is 0.259 e. The van der Waals surface area contributed by atoms with Crippen molar-refractivity contribution in [3.8, 4) is 0 Å². The van der Waals surface area contributed by atoms with Crippen molar-refractivity contribution >= 4 is 34.3 Å². The lowest BCUT2D eigenvalue weighted by atomic mass is 10.0. The standard InChI is InChI=1S/C22H25ClN4O2/c1-13(2)18-12-17(20-15(4)25-29-21(20)24-18)22(28)27-9-7-26(8-10-27)19-11-16(23)6-5-14(19)3/h5-6,11-13H,7-10H2,1-4H3. The van der Waals surface area contributed by atoms with Gasteiger partial charge >= 0.3 is 0 Å². The summed E-state index contributed by atoms with van der Waals surface area (Å²) in [5.74, 6) is 0.201. The van der Waals surface area contributed by atoms with Crippen LogP contribution in [0.1, 0.15) is 47.1 Å². The number of benzene rings is 1. The van der Waals surface area contributed by atoms with Gasteiger partial charge in [-0.2, -0.15) is 0 Å². The van der Waals surface area contributed by atoms with Gasteiger partial charge in [0.15, 0.2) is 0 Å². The van der Waals surface area contributed by atoms with Crippen molar-refractivity contribution in [3.63, 3.8) is 0 Å². The minimum Gasteiger partial charge on any atom is -0.368 e. The van der Waals surface area contributed by atoms with E-state index in [-0.39, 0.29) is 11.8 Å². The summed E-state index contributed by atoms with van der Waals surface area (Å²) in [6, 6.07) is 7.83. The van der Waals surface area contributed by atoms with Gasteiger partial charge in [-0.1, -0.05) is 36.7 Å². The number of pyridine rings is 1. The fraction of sp³-hybridized carbons (Fsp3) is 0.409. The number of piperazine rings is 1. The first-order valence-corrected chi connectivity index (χ1v) is 10.3. The summed E-state index contributed by atoms with van der Waals surface area (Å²) >= 11 is 6.18. The number of amides is 1. The number of nitrogens with zero attached hydrogens (tertiary/aromatic N) is 4. The summed E-state index contributed by atoms with van der Waals surface area (Å²) in [5.41, 5.74) is 4.92. The van der Waals surface area contributed by atoms with Crippen LogP contribution in [0.4, 0.5) is 5.69 Å². The molecule has 3 heterocycles. The van der Waals surface area contributed by atoms with Gasteiger partial charge in [-0.25, -0.2) is 4.98 Å². The number of aryl methyl sites for hydroxylation is 2. The molecule has 0 unspecified atom stereocenters. The second kappa shape index (κ2) is 7.67. The van der Waals surface area contributed by atoms with Crippen molar-refractivity contribution in [3.05, 3.63) is 51.8 Å². The second-order valence-electron chi connectivity index (χ2n) is 7.91. The highest BCUT2D eigenvalue weighted by Crippen LogP contribution is 2.28. The van der Waals surface area contributed by atoms with Crippen molar-refractivity contribution in [2.75, 3.05) is 31.1 Å². The highest BCUT2D eigenvalue weighted by atomic mass is 35.5.